The fourth-order valence-electron chi connectivity index (χ4n) is 8.15. The number of ether oxygens (including phenoxy) is 2. The van der Waals surface area contributed by atoms with E-state index in [0.717, 1.165) is 0 Å². The van der Waals surface area contributed by atoms with E-state index in [-0.39, 0.29) is 48.1 Å². The second-order valence-corrected chi connectivity index (χ2v) is 14.1. The van der Waals surface area contributed by atoms with E-state index in [1.54, 1.807) is 26.8 Å². The first-order valence-electron chi connectivity index (χ1n) is 15.8. The zero-order valence-corrected chi connectivity index (χ0v) is 27.8. The molecule has 0 spiro atoms. The Balaban J connectivity index is 0.000000284. The smallest absolute Gasteiger partial charge is 0.306 e. The molecule has 0 amide bonds. The van der Waals surface area contributed by atoms with E-state index in [9.17, 15) is 29.1 Å². The lowest BCUT2D eigenvalue weighted by Crippen LogP contribution is -2.68. The van der Waals surface area contributed by atoms with Gasteiger partial charge in [0, 0.05) is 36.0 Å². The van der Waals surface area contributed by atoms with Gasteiger partial charge < -0.3 is 14.6 Å². The van der Waals surface area contributed by atoms with Crippen LogP contribution in [0.3, 0.4) is 0 Å². The highest BCUT2D eigenvalue weighted by atomic mass is 35.5. The third-order valence-electron chi connectivity index (χ3n) is 10.3. The number of aliphatic hydroxyl groups is 1. The van der Waals surface area contributed by atoms with Crippen LogP contribution in [0.15, 0.2) is 23.8 Å². The molecule has 3 saturated carbocycles. The number of esters is 2. The van der Waals surface area contributed by atoms with Crippen LogP contribution in [0.4, 0.5) is 4.39 Å². The molecule has 10 heteroatoms. The van der Waals surface area contributed by atoms with Crippen molar-refractivity contribution in [1.29, 1.82) is 0 Å². The summed E-state index contributed by atoms with van der Waals surface area (Å²) in [5.41, 5.74) is -5.42. The SMILES string of the molecule is CC(C)OC(=O)CCCCC(=O)OC(C)C.C[C@H]1C[C@H]2[C@@H]3CCC4=CC(=O)C=C[C@]4(C)[C@@]3(F)C(=O)C[C@]2(C)[C@@]1(O)C(=O)CCl. The predicted molar refractivity (Wildman–Crippen MR) is 164 cm³/mol. The summed E-state index contributed by atoms with van der Waals surface area (Å²) < 4.78 is 26.7. The van der Waals surface area contributed by atoms with E-state index in [1.807, 2.05) is 27.7 Å². The van der Waals surface area contributed by atoms with Crippen molar-refractivity contribution in [2.75, 3.05) is 5.88 Å². The van der Waals surface area contributed by atoms with Gasteiger partial charge in [-0.3, -0.25) is 24.0 Å². The summed E-state index contributed by atoms with van der Waals surface area (Å²) in [6, 6.07) is 0. The average molecular weight is 639 g/mol. The number of Topliss-reactive ketones (excluding diaryl/α,β-unsaturated/α-hetero) is 2. The molecule has 1 N–H and O–H groups in total. The zero-order chi connectivity index (χ0) is 33.3. The van der Waals surface area contributed by atoms with Gasteiger partial charge in [-0.25, -0.2) is 4.39 Å². The first-order valence-corrected chi connectivity index (χ1v) is 16.3. The van der Waals surface area contributed by atoms with Crippen molar-refractivity contribution in [3.05, 3.63) is 23.8 Å². The summed E-state index contributed by atoms with van der Waals surface area (Å²) in [6.07, 6.45) is 7.49. The number of carbonyl (C=O) groups excluding carboxylic acids is 5. The van der Waals surface area contributed by atoms with Gasteiger partial charge in [-0.2, -0.15) is 0 Å². The number of rotatable bonds is 9. The highest BCUT2D eigenvalue weighted by molar-refractivity contribution is 6.29. The van der Waals surface area contributed by atoms with Crippen molar-refractivity contribution in [3.63, 3.8) is 0 Å². The molecule has 4 rings (SSSR count). The van der Waals surface area contributed by atoms with Crippen molar-refractivity contribution < 1.29 is 42.9 Å². The second kappa shape index (κ2) is 13.5. The summed E-state index contributed by atoms with van der Waals surface area (Å²) in [5.74, 6) is -3.33. The largest absolute Gasteiger partial charge is 0.463 e. The molecular formula is C34H48ClFO8. The molecule has 0 heterocycles. The molecule has 0 aromatic rings. The molecule has 44 heavy (non-hydrogen) atoms. The lowest BCUT2D eigenvalue weighted by Gasteiger charge is -2.59. The number of fused-ring (bicyclic) bond motifs is 5. The zero-order valence-electron chi connectivity index (χ0n) is 27.0. The maximum absolute atomic E-state index is 16.8. The topological polar surface area (TPSA) is 124 Å². The fraction of sp³-hybridized carbons (Fsp3) is 0.735. The summed E-state index contributed by atoms with van der Waals surface area (Å²) in [7, 11) is 0. The van der Waals surface area contributed by atoms with Crippen LogP contribution < -0.4 is 0 Å². The Morgan fingerprint density at radius 1 is 1.02 bits per heavy atom. The minimum absolute atomic E-state index is 0.0709. The maximum atomic E-state index is 16.8. The van der Waals surface area contributed by atoms with Crippen molar-refractivity contribution in [2.45, 2.75) is 123 Å². The van der Waals surface area contributed by atoms with Crippen molar-refractivity contribution in [3.8, 4) is 0 Å². The first-order chi connectivity index (χ1) is 20.4. The number of unbranched alkanes of at least 4 members (excludes halogenated alkanes) is 1. The molecule has 0 aliphatic heterocycles. The Morgan fingerprint density at radius 3 is 2.07 bits per heavy atom. The van der Waals surface area contributed by atoms with Crippen LogP contribution in [0.5, 0.6) is 0 Å². The van der Waals surface area contributed by atoms with Crippen molar-refractivity contribution in [1.82, 2.24) is 0 Å². The van der Waals surface area contributed by atoms with Gasteiger partial charge in [0.1, 0.15) is 5.60 Å². The molecule has 7 atom stereocenters. The lowest BCUT2D eigenvalue weighted by atomic mass is 9.45. The van der Waals surface area contributed by atoms with Crippen LogP contribution in [-0.4, -0.2) is 63.8 Å². The monoisotopic (exact) mass is 638 g/mol. The lowest BCUT2D eigenvalue weighted by molar-refractivity contribution is -0.185. The summed E-state index contributed by atoms with van der Waals surface area (Å²) in [6.45, 7) is 12.5. The van der Waals surface area contributed by atoms with Crippen LogP contribution in [0.2, 0.25) is 0 Å². The summed E-state index contributed by atoms with van der Waals surface area (Å²) >= 11 is 5.79. The van der Waals surface area contributed by atoms with E-state index >= 15 is 4.39 Å². The molecule has 0 saturated heterocycles. The quantitative estimate of drug-likeness (QED) is 0.191. The number of allylic oxidation sites excluding steroid dienone is 4. The second-order valence-electron chi connectivity index (χ2n) is 13.8. The van der Waals surface area contributed by atoms with E-state index in [2.05, 4.69) is 0 Å². The van der Waals surface area contributed by atoms with E-state index in [4.69, 9.17) is 21.1 Å². The Morgan fingerprint density at radius 2 is 1.57 bits per heavy atom. The van der Waals surface area contributed by atoms with Gasteiger partial charge >= 0.3 is 11.9 Å². The number of carbonyl (C=O) groups is 5. The van der Waals surface area contributed by atoms with Crippen LogP contribution in [0.1, 0.15) is 99.8 Å². The van der Waals surface area contributed by atoms with Gasteiger partial charge in [0.25, 0.3) is 0 Å². The number of alkyl halides is 2. The fourth-order valence-corrected chi connectivity index (χ4v) is 8.36. The first kappa shape index (κ1) is 36.1. The molecule has 0 bridgehead atoms. The molecular weight excluding hydrogens is 591 g/mol. The van der Waals surface area contributed by atoms with E-state index in [1.165, 1.54) is 12.2 Å². The molecule has 8 nitrogen and oxygen atoms in total. The van der Waals surface area contributed by atoms with E-state index < -0.39 is 45.5 Å². The average Bonchev–Trinajstić information content (AvgIpc) is 3.13. The Kier molecular flexibility index (Phi) is 11.1. The molecule has 0 unspecified atom stereocenters. The molecule has 0 radical (unpaired) electrons. The summed E-state index contributed by atoms with van der Waals surface area (Å²) in [5, 5.41) is 11.4. The Labute approximate surface area is 265 Å². The van der Waals surface area contributed by atoms with Gasteiger partial charge in [0.15, 0.2) is 23.0 Å². The normalized spacial score (nSPS) is 35.6. The van der Waals surface area contributed by atoms with Crippen LogP contribution in [-0.2, 0) is 33.4 Å². The third kappa shape index (κ3) is 6.33. The number of hydrogen-bond donors (Lipinski definition) is 1. The molecule has 3 fully saturated rings. The number of halogens is 2. The Hall–Kier alpha value is -2.39. The van der Waals surface area contributed by atoms with Gasteiger partial charge in [0.05, 0.1) is 18.1 Å². The van der Waals surface area contributed by atoms with Gasteiger partial charge in [-0.1, -0.05) is 25.5 Å². The molecule has 246 valence electrons. The van der Waals surface area contributed by atoms with Crippen molar-refractivity contribution in [2.24, 2.45) is 28.6 Å². The number of ketones is 3. The highest BCUT2D eigenvalue weighted by Crippen LogP contribution is 2.69. The standard InChI is InChI=1S/C22H26ClFO4.C12H22O4/c1-12-8-16-15-5-4-13-9-14(25)6-7-19(13,2)21(15,24)17(26)10-20(16,3)22(12,28)18(27)11-23;1-9(2)15-11(13)7-5-6-8-12(14)16-10(3)4/h6-7,9,12,15-16,28H,4-5,8,10-11H2,1-3H3;9-10H,5-8H2,1-4H3/t12-,15-,16-,19-,20-,21-,22-;/m0./s1. The third-order valence-corrected chi connectivity index (χ3v) is 10.5. The van der Waals surface area contributed by atoms with E-state index in [0.29, 0.717) is 50.5 Å². The minimum atomic E-state index is -2.15. The molecule has 0 aromatic carbocycles. The maximum Gasteiger partial charge on any atom is 0.306 e. The molecule has 4 aliphatic carbocycles. The molecule has 4 aliphatic rings. The van der Waals surface area contributed by atoms with Gasteiger partial charge in [-0.15, -0.1) is 11.6 Å². The van der Waals surface area contributed by atoms with Crippen LogP contribution in [0.25, 0.3) is 0 Å². The van der Waals surface area contributed by atoms with Gasteiger partial charge in [-0.05, 0) is 90.7 Å². The predicted octanol–water partition coefficient (Wildman–Crippen LogP) is 5.80. The highest BCUT2D eigenvalue weighted by Gasteiger charge is 2.75. The minimum Gasteiger partial charge on any atom is -0.463 e. The number of hydrogen-bond acceptors (Lipinski definition) is 8. The van der Waals surface area contributed by atoms with Crippen LogP contribution in [0, 0.1) is 28.6 Å². The summed E-state index contributed by atoms with van der Waals surface area (Å²) in [4.78, 5) is 60.1. The Bertz CT molecular complexity index is 1200. The van der Waals surface area contributed by atoms with Crippen molar-refractivity contribution >= 4 is 40.9 Å². The van der Waals surface area contributed by atoms with Gasteiger partial charge in [0.2, 0.25) is 0 Å². The molecule has 0 aromatic heterocycles. The van der Waals surface area contributed by atoms with Crippen LogP contribution >= 0.6 is 11.6 Å².